The Labute approximate surface area is 239 Å². The molecule has 6 rings (SSSR count). The number of nitro groups is 1. The SMILES string of the molecule is CCc1c2c(nc3ccc(OCOCOc4ccc([N+](=O)[O-])cc4)cc13)-c1cc3c(c(=O)n1C2)COC(=O)C3(O)CC. The molecule has 0 spiro atoms. The van der Waals surface area contributed by atoms with Crippen LogP contribution in [0, 0.1) is 10.1 Å². The molecule has 216 valence electrons. The third-order valence-electron chi connectivity index (χ3n) is 7.80. The van der Waals surface area contributed by atoms with E-state index in [2.05, 4.69) is 0 Å². The number of nitrogens with zero attached hydrogens (tertiary/aromatic N) is 3. The second kappa shape index (κ2) is 10.5. The molecule has 12 heteroatoms. The first-order valence-electron chi connectivity index (χ1n) is 13.5. The van der Waals surface area contributed by atoms with Crippen LogP contribution in [0.15, 0.2) is 53.3 Å². The molecule has 0 saturated carbocycles. The molecule has 1 atom stereocenters. The largest absolute Gasteiger partial charge is 0.467 e. The fourth-order valence-electron chi connectivity index (χ4n) is 5.55. The molecule has 42 heavy (non-hydrogen) atoms. The van der Waals surface area contributed by atoms with E-state index in [9.17, 15) is 24.8 Å². The maximum atomic E-state index is 13.5. The molecule has 4 aromatic rings. The Kier molecular flexibility index (Phi) is 6.87. The topological polar surface area (TPSA) is 152 Å². The number of carbonyl (C=O) groups excluding carboxylic acids is 1. The van der Waals surface area contributed by atoms with Crippen molar-refractivity contribution in [3.05, 3.63) is 91.3 Å². The molecule has 1 unspecified atom stereocenters. The summed E-state index contributed by atoms with van der Waals surface area (Å²) in [5, 5.41) is 22.7. The Morgan fingerprint density at radius 2 is 1.76 bits per heavy atom. The smallest absolute Gasteiger partial charge is 0.343 e. The standard InChI is InChI=1S/C30H27N3O9/c1-3-20-21-11-19(42-16-39-15-41-18-7-5-17(6-8-18)33(37)38)9-10-25(21)31-27-22(20)13-32-26(27)12-24-23(28(32)34)14-40-29(35)30(24,36)4-2/h5-12,36H,3-4,13-16H2,1-2H3. The maximum absolute atomic E-state index is 13.5. The van der Waals surface area contributed by atoms with Gasteiger partial charge in [0.2, 0.25) is 0 Å². The molecule has 0 amide bonds. The first-order chi connectivity index (χ1) is 20.2. The van der Waals surface area contributed by atoms with Gasteiger partial charge < -0.3 is 28.6 Å². The lowest BCUT2D eigenvalue weighted by Gasteiger charge is -2.31. The molecule has 0 radical (unpaired) electrons. The van der Waals surface area contributed by atoms with Crippen LogP contribution in [-0.4, -0.2) is 39.1 Å². The lowest BCUT2D eigenvalue weighted by Crippen LogP contribution is -2.44. The van der Waals surface area contributed by atoms with Gasteiger partial charge in [0.05, 0.1) is 33.9 Å². The molecule has 2 aliphatic rings. The summed E-state index contributed by atoms with van der Waals surface area (Å²) in [6.07, 6.45) is 0.753. The summed E-state index contributed by atoms with van der Waals surface area (Å²) >= 11 is 0. The number of pyridine rings is 2. The lowest BCUT2D eigenvalue weighted by molar-refractivity contribution is -0.384. The maximum Gasteiger partial charge on any atom is 0.343 e. The monoisotopic (exact) mass is 573 g/mol. The van der Waals surface area contributed by atoms with Gasteiger partial charge in [-0.05, 0) is 54.8 Å². The molecule has 2 aliphatic heterocycles. The van der Waals surface area contributed by atoms with Gasteiger partial charge in [-0.3, -0.25) is 14.9 Å². The van der Waals surface area contributed by atoms with Crippen LogP contribution in [0.3, 0.4) is 0 Å². The van der Waals surface area contributed by atoms with Crippen molar-refractivity contribution in [2.45, 2.75) is 45.4 Å². The highest BCUT2D eigenvalue weighted by atomic mass is 16.7. The van der Waals surface area contributed by atoms with Crippen LogP contribution in [0.25, 0.3) is 22.3 Å². The van der Waals surface area contributed by atoms with E-state index in [1.165, 1.54) is 24.3 Å². The van der Waals surface area contributed by atoms with E-state index in [1.54, 1.807) is 23.6 Å². The zero-order valence-electron chi connectivity index (χ0n) is 22.9. The van der Waals surface area contributed by atoms with Gasteiger partial charge in [-0.15, -0.1) is 0 Å². The number of hydrogen-bond donors (Lipinski definition) is 1. The number of benzene rings is 2. The van der Waals surface area contributed by atoms with Crippen molar-refractivity contribution in [1.82, 2.24) is 9.55 Å². The number of aryl methyl sites for hydroxylation is 1. The fourth-order valence-corrected chi connectivity index (χ4v) is 5.55. The highest BCUT2D eigenvalue weighted by Gasteiger charge is 2.45. The van der Waals surface area contributed by atoms with E-state index in [0.29, 0.717) is 41.4 Å². The highest BCUT2D eigenvalue weighted by Crippen LogP contribution is 2.40. The van der Waals surface area contributed by atoms with Gasteiger partial charge in [-0.1, -0.05) is 13.8 Å². The molecule has 0 saturated heterocycles. The normalized spacial score (nSPS) is 16.9. The number of cyclic esters (lactones) is 1. The summed E-state index contributed by atoms with van der Waals surface area (Å²) in [7, 11) is 0. The molecule has 12 nitrogen and oxygen atoms in total. The van der Waals surface area contributed by atoms with E-state index in [1.807, 2.05) is 19.1 Å². The fraction of sp³-hybridized carbons (Fsp3) is 0.300. The van der Waals surface area contributed by atoms with Crippen molar-refractivity contribution < 1.29 is 33.8 Å². The summed E-state index contributed by atoms with van der Waals surface area (Å²) in [6.45, 7) is 3.64. The van der Waals surface area contributed by atoms with Crippen molar-refractivity contribution in [2.75, 3.05) is 13.6 Å². The number of hydrogen-bond acceptors (Lipinski definition) is 10. The Balaban J connectivity index is 1.23. The van der Waals surface area contributed by atoms with E-state index in [0.717, 1.165) is 16.5 Å². The minimum Gasteiger partial charge on any atom is -0.467 e. The number of nitro benzene ring substituents is 1. The molecule has 4 heterocycles. The van der Waals surface area contributed by atoms with Crippen LogP contribution < -0.4 is 15.0 Å². The van der Waals surface area contributed by atoms with Gasteiger partial charge in [0, 0.05) is 28.6 Å². The molecule has 2 aromatic heterocycles. The molecule has 2 aromatic carbocycles. The van der Waals surface area contributed by atoms with Gasteiger partial charge in [0.15, 0.2) is 19.2 Å². The molecular formula is C30H27N3O9. The number of carbonyl (C=O) groups is 1. The lowest BCUT2D eigenvalue weighted by atomic mass is 9.86. The second-order valence-electron chi connectivity index (χ2n) is 10.0. The Morgan fingerprint density at radius 1 is 1.05 bits per heavy atom. The van der Waals surface area contributed by atoms with Crippen LogP contribution in [0.2, 0.25) is 0 Å². The van der Waals surface area contributed by atoms with Crippen LogP contribution >= 0.6 is 0 Å². The Bertz CT molecular complexity index is 1800. The quantitative estimate of drug-likeness (QED) is 0.0902. The number of fused-ring (bicyclic) bond motifs is 5. The van der Waals surface area contributed by atoms with Crippen LogP contribution in [0.5, 0.6) is 11.5 Å². The van der Waals surface area contributed by atoms with Gasteiger partial charge in [0.25, 0.3) is 11.2 Å². The molecule has 0 bridgehead atoms. The van der Waals surface area contributed by atoms with Crippen molar-refractivity contribution in [3.8, 4) is 22.9 Å². The zero-order valence-corrected chi connectivity index (χ0v) is 22.9. The molecule has 1 N–H and O–H groups in total. The van der Waals surface area contributed by atoms with Crippen molar-refractivity contribution in [3.63, 3.8) is 0 Å². The zero-order chi connectivity index (χ0) is 29.6. The van der Waals surface area contributed by atoms with Crippen LogP contribution in [-0.2, 0) is 39.4 Å². The number of aliphatic hydroxyl groups is 1. The van der Waals surface area contributed by atoms with Crippen LogP contribution in [0.4, 0.5) is 5.69 Å². The van der Waals surface area contributed by atoms with Crippen molar-refractivity contribution >= 4 is 22.6 Å². The molecule has 0 aliphatic carbocycles. The number of aromatic nitrogens is 2. The van der Waals surface area contributed by atoms with Gasteiger partial charge in [-0.2, -0.15) is 0 Å². The van der Waals surface area contributed by atoms with Gasteiger partial charge >= 0.3 is 5.97 Å². The third kappa shape index (κ3) is 4.45. The van der Waals surface area contributed by atoms with E-state index >= 15 is 0 Å². The van der Waals surface area contributed by atoms with E-state index in [-0.39, 0.29) is 49.0 Å². The first kappa shape index (κ1) is 27.4. The third-order valence-corrected chi connectivity index (χ3v) is 7.80. The number of non-ortho nitro benzene ring substituents is 1. The molecule has 0 fully saturated rings. The van der Waals surface area contributed by atoms with Crippen LogP contribution in [0.1, 0.15) is 42.5 Å². The molecular weight excluding hydrogens is 546 g/mol. The summed E-state index contributed by atoms with van der Waals surface area (Å²) in [5.74, 6) is 0.231. The van der Waals surface area contributed by atoms with E-state index in [4.69, 9.17) is 23.9 Å². The summed E-state index contributed by atoms with van der Waals surface area (Å²) < 4.78 is 23.4. The van der Waals surface area contributed by atoms with Gasteiger partial charge in [0.1, 0.15) is 18.1 Å². The highest BCUT2D eigenvalue weighted by molar-refractivity contribution is 5.90. The minimum atomic E-state index is -1.88. The van der Waals surface area contributed by atoms with Crippen molar-refractivity contribution in [1.29, 1.82) is 0 Å². The number of esters is 1. The summed E-state index contributed by atoms with van der Waals surface area (Å²) in [4.78, 5) is 41.1. The average molecular weight is 574 g/mol. The minimum absolute atomic E-state index is 0.0284. The van der Waals surface area contributed by atoms with Crippen molar-refractivity contribution in [2.24, 2.45) is 0 Å². The second-order valence-corrected chi connectivity index (χ2v) is 10.0. The van der Waals surface area contributed by atoms with E-state index < -0.39 is 16.5 Å². The average Bonchev–Trinajstić information content (AvgIpc) is 3.36. The predicted octanol–water partition coefficient (Wildman–Crippen LogP) is 3.94. The predicted molar refractivity (Wildman–Crippen MR) is 149 cm³/mol. The first-order valence-corrected chi connectivity index (χ1v) is 13.5. The number of rotatable bonds is 9. The Hall–Kier alpha value is -4.81. The van der Waals surface area contributed by atoms with Gasteiger partial charge in [-0.25, -0.2) is 9.78 Å². The summed E-state index contributed by atoms with van der Waals surface area (Å²) in [6, 6.07) is 12.9. The number of ether oxygens (including phenoxy) is 4. The summed E-state index contributed by atoms with van der Waals surface area (Å²) in [5.41, 5.74) is 2.20. The Morgan fingerprint density at radius 3 is 2.45 bits per heavy atom.